The van der Waals surface area contributed by atoms with E-state index >= 15 is 0 Å². The second-order valence-corrected chi connectivity index (χ2v) is 22.0. The molecular weight excluding hydrogens is 1030 g/mol. The van der Waals surface area contributed by atoms with Crippen LogP contribution in [-0.2, 0) is 0 Å². The Morgan fingerprint density at radius 1 is 0.226 bits per heavy atom. The molecule has 0 atom stereocenters. The van der Waals surface area contributed by atoms with Crippen molar-refractivity contribution in [1.82, 2.24) is 23.7 Å². The summed E-state index contributed by atoms with van der Waals surface area (Å²) in [6, 6.07) is 92.3. The van der Waals surface area contributed by atoms with Gasteiger partial charge in [-0.05, 0) is 127 Å². The van der Waals surface area contributed by atoms with E-state index in [0.29, 0.717) is 5.82 Å². The fourth-order valence-corrected chi connectivity index (χ4v) is 13.9. The first kappa shape index (κ1) is 45.3. The maximum atomic E-state index is 6.39. The molecule has 0 bridgehead atoms. The molecule has 8 heteroatoms. The number of para-hydroxylation sites is 6. The van der Waals surface area contributed by atoms with Gasteiger partial charge >= 0.3 is 0 Å². The van der Waals surface area contributed by atoms with Gasteiger partial charge in [0.15, 0.2) is 5.82 Å². The Labute approximate surface area is 477 Å². The Hall–Kier alpha value is -11.5. The number of aromatic nitrogens is 5. The fourth-order valence-electron chi connectivity index (χ4n) is 13.9. The fraction of sp³-hybridized carbons (Fsp3) is 0. The number of hydrogen-bond donors (Lipinski definition) is 0. The molecule has 19 aromatic rings. The normalized spacial score (nSPS) is 12.3. The first-order valence-electron chi connectivity index (χ1n) is 28.4. The van der Waals surface area contributed by atoms with Crippen molar-refractivity contribution < 1.29 is 13.3 Å². The van der Waals surface area contributed by atoms with Gasteiger partial charge in [-0.25, -0.2) is 9.97 Å². The van der Waals surface area contributed by atoms with Crippen LogP contribution in [0.25, 0.3) is 182 Å². The molecule has 0 unspecified atom stereocenters. The van der Waals surface area contributed by atoms with Crippen LogP contribution >= 0.6 is 0 Å². The second-order valence-electron chi connectivity index (χ2n) is 22.0. The Morgan fingerprint density at radius 3 is 0.869 bits per heavy atom. The molecule has 7 aromatic heterocycles. The van der Waals surface area contributed by atoms with E-state index in [1.165, 1.54) is 32.3 Å². The van der Waals surface area contributed by atoms with E-state index in [2.05, 4.69) is 238 Å². The maximum Gasteiger partial charge on any atom is 0.160 e. The molecule has 0 radical (unpaired) electrons. The van der Waals surface area contributed by atoms with Crippen molar-refractivity contribution in [1.29, 1.82) is 0 Å². The second kappa shape index (κ2) is 17.0. The van der Waals surface area contributed by atoms with E-state index in [1.54, 1.807) is 0 Å². The summed E-state index contributed by atoms with van der Waals surface area (Å²) in [6.45, 7) is 0. The molecule has 8 nitrogen and oxygen atoms in total. The van der Waals surface area contributed by atoms with Crippen molar-refractivity contribution in [2.24, 2.45) is 0 Å². The zero-order valence-corrected chi connectivity index (χ0v) is 44.8. The van der Waals surface area contributed by atoms with E-state index in [0.717, 1.165) is 144 Å². The highest BCUT2D eigenvalue weighted by Gasteiger charge is 2.23. The van der Waals surface area contributed by atoms with Gasteiger partial charge in [0.1, 0.15) is 33.5 Å². The average Bonchev–Trinajstić information content (AvgIpc) is 4.27. The number of rotatable bonds is 6. The third-order valence-electron chi connectivity index (χ3n) is 17.5. The lowest BCUT2D eigenvalue weighted by Gasteiger charge is -2.13. The molecule has 0 aliphatic heterocycles. The van der Waals surface area contributed by atoms with E-state index in [9.17, 15) is 0 Å². The van der Waals surface area contributed by atoms with Crippen LogP contribution in [0.4, 0.5) is 0 Å². The van der Waals surface area contributed by atoms with Gasteiger partial charge in [0.25, 0.3) is 0 Å². The lowest BCUT2D eigenvalue weighted by Crippen LogP contribution is -1.98. The molecule has 0 amide bonds. The standard InChI is InChI=1S/C76H43N5O3/c1-7-19-58-50(13-1)70-61(37-40-67-73(70)53-16-4-10-22-64(53)82-67)79(58)47-31-25-44(26-32-47)56-43-57(45-27-33-48(34-28-45)80-59-20-8-2-14-51(59)71-62(80)38-41-68-74(71)54-17-5-11-23-65(54)83-68)78-76(77-56)46-29-35-49(36-30-46)81-60-21-9-3-15-52(60)72-63(81)39-42-69-75(72)55-18-6-12-24-66(55)84-69/h1-43H. The van der Waals surface area contributed by atoms with Crippen LogP contribution in [0.1, 0.15) is 0 Å². The van der Waals surface area contributed by atoms with Crippen molar-refractivity contribution >= 4 is 131 Å². The summed E-state index contributed by atoms with van der Waals surface area (Å²) in [5.74, 6) is 0.633. The predicted molar refractivity (Wildman–Crippen MR) is 343 cm³/mol. The van der Waals surface area contributed by atoms with Crippen LogP contribution in [0.5, 0.6) is 0 Å². The summed E-state index contributed by atoms with van der Waals surface area (Å²) < 4.78 is 26.3. The average molecular weight is 1070 g/mol. The van der Waals surface area contributed by atoms with Crippen molar-refractivity contribution in [3.05, 3.63) is 261 Å². The van der Waals surface area contributed by atoms with Crippen molar-refractivity contribution in [2.75, 3.05) is 0 Å². The highest BCUT2D eigenvalue weighted by Crippen LogP contribution is 2.45. The van der Waals surface area contributed by atoms with Gasteiger partial charge in [-0.2, -0.15) is 0 Å². The van der Waals surface area contributed by atoms with Gasteiger partial charge in [0, 0.05) is 98.4 Å². The zero-order valence-electron chi connectivity index (χ0n) is 44.8. The molecule has 84 heavy (non-hydrogen) atoms. The molecule has 0 saturated heterocycles. The number of nitrogens with zero attached hydrogens (tertiary/aromatic N) is 5. The zero-order chi connectivity index (χ0) is 54.7. The predicted octanol–water partition coefficient (Wildman–Crippen LogP) is 20.5. The molecule has 0 N–H and O–H groups in total. The van der Waals surface area contributed by atoms with Gasteiger partial charge in [-0.1, -0.05) is 133 Å². The minimum absolute atomic E-state index is 0.633. The van der Waals surface area contributed by atoms with Gasteiger partial charge in [-0.15, -0.1) is 0 Å². The van der Waals surface area contributed by atoms with Crippen molar-refractivity contribution in [3.63, 3.8) is 0 Å². The van der Waals surface area contributed by atoms with Crippen LogP contribution in [0.3, 0.4) is 0 Å². The maximum absolute atomic E-state index is 6.39. The quantitative estimate of drug-likeness (QED) is 0.166. The van der Waals surface area contributed by atoms with Gasteiger partial charge in [-0.3, -0.25) is 0 Å². The Morgan fingerprint density at radius 2 is 0.524 bits per heavy atom. The number of fused-ring (bicyclic) bond motifs is 21. The van der Waals surface area contributed by atoms with E-state index < -0.39 is 0 Å². The Kier molecular flexibility index (Phi) is 9.18. The third kappa shape index (κ3) is 6.36. The minimum atomic E-state index is 0.633. The summed E-state index contributed by atoms with van der Waals surface area (Å²) in [5.41, 5.74) is 19.7. The molecule has 7 heterocycles. The van der Waals surface area contributed by atoms with Crippen LogP contribution < -0.4 is 0 Å². The minimum Gasteiger partial charge on any atom is -0.456 e. The molecular formula is C76H43N5O3. The van der Waals surface area contributed by atoms with Crippen LogP contribution in [-0.4, -0.2) is 23.7 Å². The van der Waals surface area contributed by atoms with E-state index in [-0.39, 0.29) is 0 Å². The topological polar surface area (TPSA) is 80.0 Å². The summed E-state index contributed by atoms with van der Waals surface area (Å²) in [6.07, 6.45) is 0. The van der Waals surface area contributed by atoms with Crippen LogP contribution in [0, 0.1) is 0 Å². The molecule has 0 spiro atoms. The smallest absolute Gasteiger partial charge is 0.160 e. The molecule has 390 valence electrons. The summed E-state index contributed by atoms with van der Waals surface area (Å²) in [7, 11) is 0. The van der Waals surface area contributed by atoms with Crippen LogP contribution in [0.2, 0.25) is 0 Å². The largest absolute Gasteiger partial charge is 0.456 e. The number of benzene rings is 12. The summed E-state index contributed by atoms with van der Waals surface area (Å²) >= 11 is 0. The monoisotopic (exact) mass is 1070 g/mol. The molecule has 0 aliphatic rings. The summed E-state index contributed by atoms with van der Waals surface area (Å²) in [4.78, 5) is 10.8. The highest BCUT2D eigenvalue weighted by molar-refractivity contribution is 6.30. The molecule has 12 aromatic carbocycles. The third-order valence-corrected chi connectivity index (χ3v) is 17.5. The SMILES string of the molecule is c1ccc2c(c1)oc1ccc3c(c4ccccc4n3-c3ccc(-c4cc(-c5ccc(-n6c7ccccc7c7c8c(ccc76)oc6ccccc68)cc5)nc(-c5ccc(-n6c7ccccc7c7c8c(ccc76)oc6ccccc68)cc5)n4)cc3)c12. The summed E-state index contributed by atoms with van der Waals surface area (Å²) in [5, 5.41) is 13.8. The lowest BCUT2D eigenvalue weighted by atomic mass is 10.1. The lowest BCUT2D eigenvalue weighted by molar-refractivity contribution is 0.669. The van der Waals surface area contributed by atoms with E-state index in [4.69, 9.17) is 23.2 Å². The van der Waals surface area contributed by atoms with Gasteiger partial charge < -0.3 is 27.0 Å². The highest BCUT2D eigenvalue weighted by atomic mass is 16.3. The first-order valence-corrected chi connectivity index (χ1v) is 28.4. The van der Waals surface area contributed by atoms with Crippen LogP contribution in [0.15, 0.2) is 274 Å². The number of furan rings is 3. The first-order chi connectivity index (χ1) is 41.6. The van der Waals surface area contributed by atoms with Crippen molar-refractivity contribution in [2.45, 2.75) is 0 Å². The molecule has 0 aliphatic carbocycles. The van der Waals surface area contributed by atoms with Gasteiger partial charge in [0.2, 0.25) is 0 Å². The Bertz CT molecular complexity index is 5370. The van der Waals surface area contributed by atoms with Gasteiger partial charge in [0.05, 0.1) is 44.5 Å². The molecule has 19 rings (SSSR count). The van der Waals surface area contributed by atoms with E-state index in [1.807, 2.05) is 36.4 Å². The molecule has 0 fully saturated rings. The Balaban J connectivity index is 0.758. The van der Waals surface area contributed by atoms with Crippen molar-refractivity contribution in [3.8, 4) is 51.0 Å². The number of hydrogen-bond acceptors (Lipinski definition) is 5. The molecule has 0 saturated carbocycles.